The van der Waals surface area contributed by atoms with Gasteiger partial charge in [0.05, 0.1) is 12.0 Å². The van der Waals surface area contributed by atoms with E-state index in [1.54, 1.807) is 6.26 Å². The quantitative estimate of drug-likeness (QED) is 0.610. The van der Waals surface area contributed by atoms with E-state index in [0.717, 1.165) is 42.0 Å². The van der Waals surface area contributed by atoms with Crippen LogP contribution < -0.4 is 11.1 Å². The molecule has 1 aromatic carbocycles. The number of furan rings is 1. The van der Waals surface area contributed by atoms with E-state index in [9.17, 15) is 4.79 Å². The largest absolute Gasteiger partial charge is 0.463 e. The standard InChI is InChI=1S/C20H24N4O2/c1-24-18(19-7-3-12-26-19)14-17(23-24)9-8-15-5-2-6-16(13-15)20(25)22-11-4-10-21/h2-3,5-7,12-14H,4,8-11,21H2,1H3,(H,22,25). The number of aromatic nitrogens is 2. The van der Waals surface area contributed by atoms with Crippen LogP contribution in [0.25, 0.3) is 11.5 Å². The molecular weight excluding hydrogens is 328 g/mol. The Balaban J connectivity index is 1.62. The molecule has 0 spiro atoms. The number of carbonyl (C=O) groups is 1. The van der Waals surface area contributed by atoms with Gasteiger partial charge in [-0.25, -0.2) is 0 Å². The topological polar surface area (TPSA) is 86.1 Å². The number of hydrogen-bond donors (Lipinski definition) is 2. The minimum absolute atomic E-state index is 0.0572. The summed E-state index contributed by atoms with van der Waals surface area (Å²) >= 11 is 0. The number of nitrogens with two attached hydrogens (primary N) is 1. The van der Waals surface area contributed by atoms with E-state index in [4.69, 9.17) is 10.2 Å². The molecule has 1 amide bonds. The minimum atomic E-state index is -0.0572. The van der Waals surface area contributed by atoms with E-state index in [2.05, 4.69) is 10.4 Å². The van der Waals surface area contributed by atoms with Gasteiger partial charge in [0.15, 0.2) is 5.76 Å². The normalized spacial score (nSPS) is 10.8. The molecule has 2 heterocycles. The molecule has 0 radical (unpaired) electrons. The Hall–Kier alpha value is -2.86. The predicted molar refractivity (Wildman–Crippen MR) is 101 cm³/mol. The number of amides is 1. The maximum Gasteiger partial charge on any atom is 0.251 e. The SMILES string of the molecule is Cn1nc(CCc2cccc(C(=O)NCCCN)c2)cc1-c1ccco1. The molecule has 3 aromatic rings. The number of carbonyl (C=O) groups excluding carboxylic acids is 1. The number of rotatable bonds is 8. The van der Waals surface area contributed by atoms with Gasteiger partial charge in [0, 0.05) is 19.2 Å². The highest BCUT2D eigenvalue weighted by atomic mass is 16.3. The summed E-state index contributed by atoms with van der Waals surface area (Å²) in [6.45, 7) is 1.17. The van der Waals surface area contributed by atoms with Crippen LogP contribution in [0.5, 0.6) is 0 Å². The molecule has 0 bridgehead atoms. The van der Waals surface area contributed by atoms with Crippen LogP contribution in [0.15, 0.2) is 53.1 Å². The minimum Gasteiger partial charge on any atom is -0.463 e. The van der Waals surface area contributed by atoms with Crippen LogP contribution in [-0.2, 0) is 19.9 Å². The highest BCUT2D eigenvalue weighted by molar-refractivity contribution is 5.94. The van der Waals surface area contributed by atoms with Crippen molar-refractivity contribution in [1.82, 2.24) is 15.1 Å². The Bertz CT molecular complexity index is 853. The molecule has 0 fully saturated rings. The van der Waals surface area contributed by atoms with Crippen molar-refractivity contribution in [3.05, 3.63) is 65.5 Å². The Morgan fingerprint density at radius 3 is 2.88 bits per heavy atom. The first-order chi connectivity index (χ1) is 12.7. The molecule has 3 rings (SSSR count). The summed E-state index contributed by atoms with van der Waals surface area (Å²) in [5.74, 6) is 0.751. The van der Waals surface area contributed by atoms with Crippen molar-refractivity contribution in [3.8, 4) is 11.5 Å². The lowest BCUT2D eigenvalue weighted by Gasteiger charge is -2.06. The zero-order valence-electron chi connectivity index (χ0n) is 14.9. The smallest absolute Gasteiger partial charge is 0.251 e. The van der Waals surface area contributed by atoms with Gasteiger partial charge in [-0.15, -0.1) is 0 Å². The van der Waals surface area contributed by atoms with Gasteiger partial charge in [0.1, 0.15) is 5.69 Å². The molecule has 6 nitrogen and oxygen atoms in total. The van der Waals surface area contributed by atoms with Crippen LogP contribution >= 0.6 is 0 Å². The molecular formula is C20H24N4O2. The summed E-state index contributed by atoms with van der Waals surface area (Å²) < 4.78 is 7.27. The lowest BCUT2D eigenvalue weighted by molar-refractivity contribution is 0.0953. The average Bonchev–Trinajstić information content (AvgIpc) is 3.30. The average molecular weight is 352 g/mol. The lowest BCUT2D eigenvalue weighted by Crippen LogP contribution is -2.26. The van der Waals surface area contributed by atoms with Crippen LogP contribution in [0.2, 0.25) is 0 Å². The van der Waals surface area contributed by atoms with Gasteiger partial charge in [-0.05, 0) is 61.7 Å². The first kappa shape index (κ1) is 17.9. The van der Waals surface area contributed by atoms with Gasteiger partial charge in [-0.2, -0.15) is 5.10 Å². The molecule has 6 heteroatoms. The van der Waals surface area contributed by atoms with Crippen LogP contribution in [0, 0.1) is 0 Å². The Morgan fingerprint density at radius 1 is 1.23 bits per heavy atom. The molecule has 2 aromatic heterocycles. The number of benzene rings is 1. The fourth-order valence-electron chi connectivity index (χ4n) is 2.85. The third-order valence-electron chi connectivity index (χ3n) is 4.23. The second-order valence-corrected chi connectivity index (χ2v) is 6.22. The fourth-order valence-corrected chi connectivity index (χ4v) is 2.85. The van der Waals surface area contributed by atoms with Gasteiger partial charge in [-0.3, -0.25) is 9.48 Å². The fraction of sp³-hybridized carbons (Fsp3) is 0.300. The van der Waals surface area contributed by atoms with Crippen molar-refractivity contribution in [2.45, 2.75) is 19.3 Å². The van der Waals surface area contributed by atoms with E-state index < -0.39 is 0 Å². The summed E-state index contributed by atoms with van der Waals surface area (Å²) in [7, 11) is 1.91. The summed E-state index contributed by atoms with van der Waals surface area (Å²) in [4.78, 5) is 12.1. The van der Waals surface area contributed by atoms with Crippen molar-refractivity contribution in [2.75, 3.05) is 13.1 Å². The van der Waals surface area contributed by atoms with Crippen molar-refractivity contribution < 1.29 is 9.21 Å². The zero-order valence-corrected chi connectivity index (χ0v) is 14.9. The Labute approximate surface area is 153 Å². The van der Waals surface area contributed by atoms with Gasteiger partial charge in [0.2, 0.25) is 0 Å². The number of hydrogen-bond acceptors (Lipinski definition) is 4. The van der Waals surface area contributed by atoms with E-state index in [1.807, 2.05) is 54.2 Å². The summed E-state index contributed by atoms with van der Waals surface area (Å²) in [5, 5.41) is 7.44. The summed E-state index contributed by atoms with van der Waals surface area (Å²) in [6.07, 6.45) is 4.06. The van der Waals surface area contributed by atoms with E-state index in [1.165, 1.54) is 0 Å². The second-order valence-electron chi connectivity index (χ2n) is 6.22. The van der Waals surface area contributed by atoms with Crippen LogP contribution in [0.3, 0.4) is 0 Å². The second kappa shape index (κ2) is 8.49. The number of aryl methyl sites for hydroxylation is 3. The van der Waals surface area contributed by atoms with Gasteiger partial charge in [0.25, 0.3) is 5.91 Å². The van der Waals surface area contributed by atoms with Gasteiger partial charge < -0.3 is 15.5 Å². The maximum absolute atomic E-state index is 12.1. The molecule has 0 aliphatic carbocycles. The molecule has 0 atom stereocenters. The van der Waals surface area contributed by atoms with Crippen molar-refractivity contribution in [1.29, 1.82) is 0 Å². The van der Waals surface area contributed by atoms with E-state index in [0.29, 0.717) is 18.7 Å². The monoisotopic (exact) mass is 352 g/mol. The van der Waals surface area contributed by atoms with Crippen molar-refractivity contribution in [3.63, 3.8) is 0 Å². The van der Waals surface area contributed by atoms with E-state index in [-0.39, 0.29) is 5.91 Å². The lowest BCUT2D eigenvalue weighted by atomic mass is 10.0. The van der Waals surface area contributed by atoms with Crippen LogP contribution in [-0.4, -0.2) is 28.8 Å². The highest BCUT2D eigenvalue weighted by Crippen LogP contribution is 2.21. The van der Waals surface area contributed by atoms with Gasteiger partial charge in [-0.1, -0.05) is 12.1 Å². The molecule has 0 saturated carbocycles. The number of nitrogens with one attached hydrogen (secondary N) is 1. The highest BCUT2D eigenvalue weighted by Gasteiger charge is 2.10. The molecule has 0 aliphatic rings. The molecule has 136 valence electrons. The van der Waals surface area contributed by atoms with Crippen LogP contribution in [0.4, 0.5) is 0 Å². The Kier molecular flexibility index (Phi) is 5.86. The maximum atomic E-state index is 12.1. The molecule has 0 saturated heterocycles. The third-order valence-corrected chi connectivity index (χ3v) is 4.23. The number of nitrogens with zero attached hydrogens (tertiary/aromatic N) is 2. The zero-order chi connectivity index (χ0) is 18.4. The summed E-state index contributed by atoms with van der Waals surface area (Å²) in [5.41, 5.74) is 9.19. The van der Waals surface area contributed by atoms with E-state index >= 15 is 0 Å². The Morgan fingerprint density at radius 2 is 2.12 bits per heavy atom. The molecule has 3 N–H and O–H groups in total. The summed E-state index contributed by atoms with van der Waals surface area (Å²) in [6, 6.07) is 13.6. The molecule has 0 unspecified atom stereocenters. The van der Waals surface area contributed by atoms with Gasteiger partial charge >= 0.3 is 0 Å². The first-order valence-corrected chi connectivity index (χ1v) is 8.81. The van der Waals surface area contributed by atoms with Crippen molar-refractivity contribution >= 4 is 5.91 Å². The third kappa shape index (κ3) is 4.40. The van der Waals surface area contributed by atoms with Crippen molar-refractivity contribution in [2.24, 2.45) is 12.8 Å². The predicted octanol–water partition coefficient (Wildman–Crippen LogP) is 2.54. The first-order valence-electron chi connectivity index (χ1n) is 8.81. The molecule has 26 heavy (non-hydrogen) atoms. The molecule has 0 aliphatic heterocycles. The van der Waals surface area contributed by atoms with Crippen LogP contribution in [0.1, 0.15) is 28.0 Å².